The first-order valence-corrected chi connectivity index (χ1v) is 4.84. The molecule has 0 heterocycles. The van der Waals surface area contributed by atoms with Gasteiger partial charge in [-0.3, -0.25) is 4.79 Å². The van der Waals surface area contributed by atoms with Gasteiger partial charge in [-0.25, -0.2) is 4.79 Å². The molecule has 102 valence electrons. The minimum atomic E-state index is -1.63. The Kier molecular flexibility index (Phi) is 12.0. The van der Waals surface area contributed by atoms with Gasteiger partial charge in [0.25, 0.3) is 0 Å². The molecule has 8 heteroatoms. The van der Waals surface area contributed by atoms with Gasteiger partial charge in [-0.2, -0.15) is 0 Å². The third kappa shape index (κ3) is 12.7. The van der Waals surface area contributed by atoms with Crippen molar-refractivity contribution >= 4 is 11.9 Å². The van der Waals surface area contributed by atoms with Crippen LogP contribution < -0.4 is 0 Å². The van der Waals surface area contributed by atoms with E-state index in [1.54, 1.807) is 0 Å². The largest absolute Gasteiger partial charge is 0.481 e. The van der Waals surface area contributed by atoms with Crippen molar-refractivity contribution in [2.75, 3.05) is 19.8 Å². The van der Waals surface area contributed by atoms with Crippen LogP contribution in [0.1, 0.15) is 12.8 Å². The average molecular weight is 254 g/mol. The van der Waals surface area contributed by atoms with Gasteiger partial charge in [0.2, 0.25) is 0 Å². The van der Waals surface area contributed by atoms with Crippen molar-refractivity contribution in [3.63, 3.8) is 0 Å². The highest BCUT2D eigenvalue weighted by Crippen LogP contribution is 2.03. The number of aliphatic hydroxyl groups is 4. The molecule has 6 N–H and O–H groups in total. The monoisotopic (exact) mass is 254 g/mol. The van der Waals surface area contributed by atoms with Crippen LogP contribution in [-0.2, 0) is 9.59 Å². The maximum atomic E-state index is 9.97. The number of carboxylic acid groups (broad SMARTS) is 2. The maximum Gasteiger partial charge on any atom is 0.334 e. The van der Waals surface area contributed by atoms with Crippen LogP contribution in [0.15, 0.2) is 0 Å². The minimum Gasteiger partial charge on any atom is -0.481 e. The van der Waals surface area contributed by atoms with Crippen molar-refractivity contribution < 1.29 is 40.2 Å². The van der Waals surface area contributed by atoms with E-state index in [4.69, 9.17) is 30.6 Å². The predicted molar refractivity (Wildman–Crippen MR) is 55.3 cm³/mol. The summed E-state index contributed by atoms with van der Waals surface area (Å²) < 4.78 is 0. The highest BCUT2D eigenvalue weighted by Gasteiger charge is 2.09. The van der Waals surface area contributed by atoms with Crippen LogP contribution in [0.2, 0.25) is 0 Å². The van der Waals surface area contributed by atoms with E-state index in [-0.39, 0.29) is 25.6 Å². The molecule has 0 saturated heterocycles. The first-order valence-electron chi connectivity index (χ1n) is 4.84. The van der Waals surface area contributed by atoms with Gasteiger partial charge in [0.15, 0.2) is 6.10 Å². The Morgan fingerprint density at radius 1 is 0.941 bits per heavy atom. The molecule has 0 radical (unpaired) electrons. The molecule has 0 rings (SSSR count). The number of hydrogen-bond donors (Lipinski definition) is 6. The van der Waals surface area contributed by atoms with E-state index in [1.165, 1.54) is 0 Å². The number of carboxylic acids is 2. The summed E-state index contributed by atoms with van der Waals surface area (Å²) in [6.07, 6.45) is -1.28. The number of aliphatic hydroxyl groups excluding tert-OH is 4. The second-order valence-corrected chi connectivity index (χ2v) is 3.20. The van der Waals surface area contributed by atoms with Gasteiger partial charge >= 0.3 is 11.9 Å². The van der Waals surface area contributed by atoms with Crippen LogP contribution in [0, 0.1) is 5.92 Å². The fraction of sp³-hybridized carbons (Fsp3) is 0.778. The highest BCUT2D eigenvalue weighted by atomic mass is 16.4. The zero-order valence-corrected chi connectivity index (χ0v) is 9.19. The van der Waals surface area contributed by atoms with Crippen LogP contribution in [-0.4, -0.2) is 68.5 Å². The summed E-state index contributed by atoms with van der Waals surface area (Å²) in [5.41, 5.74) is 0. The summed E-state index contributed by atoms with van der Waals surface area (Å²) >= 11 is 0. The Hall–Kier alpha value is -1.22. The van der Waals surface area contributed by atoms with Crippen molar-refractivity contribution in [2.45, 2.75) is 18.9 Å². The lowest BCUT2D eigenvalue weighted by molar-refractivity contribution is -0.148. The molecule has 0 aromatic heterocycles. The molecule has 0 spiro atoms. The number of carbonyl (C=O) groups is 2. The molecule has 8 nitrogen and oxygen atoms in total. The highest BCUT2D eigenvalue weighted by molar-refractivity contribution is 5.71. The van der Waals surface area contributed by atoms with E-state index in [9.17, 15) is 9.59 Å². The van der Waals surface area contributed by atoms with Crippen LogP contribution in [0.4, 0.5) is 0 Å². The zero-order chi connectivity index (χ0) is 13.8. The van der Waals surface area contributed by atoms with Gasteiger partial charge in [-0.1, -0.05) is 0 Å². The average Bonchev–Trinajstić information content (AvgIpc) is 2.29. The molecule has 1 unspecified atom stereocenters. The summed E-state index contributed by atoms with van der Waals surface area (Å²) in [5.74, 6) is -2.58. The second-order valence-electron chi connectivity index (χ2n) is 3.20. The number of aliphatic carboxylic acids is 2. The first-order chi connectivity index (χ1) is 7.88. The van der Waals surface area contributed by atoms with Gasteiger partial charge in [0.1, 0.15) is 0 Å². The smallest absolute Gasteiger partial charge is 0.334 e. The molecule has 0 amide bonds. The molecule has 0 aromatic rings. The van der Waals surface area contributed by atoms with E-state index in [1.807, 2.05) is 0 Å². The van der Waals surface area contributed by atoms with Crippen molar-refractivity contribution in [3.8, 4) is 0 Å². The minimum absolute atomic E-state index is 0.00574. The Labute approximate surface area is 97.8 Å². The fourth-order valence-electron chi connectivity index (χ4n) is 0.646. The summed E-state index contributed by atoms with van der Waals surface area (Å²) in [6, 6.07) is 0. The molecule has 0 fully saturated rings. The van der Waals surface area contributed by atoms with Crippen molar-refractivity contribution in [1.29, 1.82) is 0 Å². The Morgan fingerprint density at radius 3 is 1.59 bits per heavy atom. The summed E-state index contributed by atoms with van der Waals surface area (Å²) in [6.45, 7) is -1.02. The zero-order valence-electron chi connectivity index (χ0n) is 9.19. The van der Waals surface area contributed by atoms with Crippen molar-refractivity contribution in [1.82, 2.24) is 0 Å². The van der Waals surface area contributed by atoms with Crippen LogP contribution >= 0.6 is 0 Å². The van der Waals surface area contributed by atoms with Gasteiger partial charge in [-0.15, -0.1) is 0 Å². The standard InChI is InChI=1S/C6H12O4.C3H6O4/c7-3-5(4-8)1-2-6(9)10;4-1-2(5)3(6)7/h5,7-8H,1-4H2,(H,9,10);2,4-5H,1H2,(H,6,7). The summed E-state index contributed by atoms with van der Waals surface area (Å²) in [7, 11) is 0. The summed E-state index contributed by atoms with van der Waals surface area (Å²) in [5, 5.41) is 48.9. The third-order valence-electron chi connectivity index (χ3n) is 1.74. The molecule has 0 aliphatic rings. The van der Waals surface area contributed by atoms with Gasteiger partial charge in [0.05, 0.1) is 6.61 Å². The normalized spacial score (nSPS) is 11.6. The topological polar surface area (TPSA) is 156 Å². The predicted octanol–water partition coefficient (Wildman–Crippen LogP) is -2.12. The lowest BCUT2D eigenvalue weighted by Gasteiger charge is -2.06. The lowest BCUT2D eigenvalue weighted by Crippen LogP contribution is -2.22. The van der Waals surface area contributed by atoms with E-state index in [0.717, 1.165) is 0 Å². The molecule has 1 atom stereocenters. The van der Waals surface area contributed by atoms with E-state index >= 15 is 0 Å². The van der Waals surface area contributed by atoms with Crippen LogP contribution in [0.25, 0.3) is 0 Å². The summed E-state index contributed by atoms with van der Waals surface area (Å²) in [4.78, 5) is 19.5. The molecule has 0 aliphatic heterocycles. The number of rotatable bonds is 7. The Bertz CT molecular complexity index is 213. The Morgan fingerprint density at radius 2 is 1.41 bits per heavy atom. The van der Waals surface area contributed by atoms with E-state index in [0.29, 0.717) is 6.42 Å². The first kappa shape index (κ1) is 18.2. The van der Waals surface area contributed by atoms with Gasteiger partial charge < -0.3 is 30.6 Å². The van der Waals surface area contributed by atoms with Gasteiger partial charge in [0, 0.05) is 25.6 Å². The number of hydrogen-bond acceptors (Lipinski definition) is 6. The third-order valence-corrected chi connectivity index (χ3v) is 1.74. The molecule has 17 heavy (non-hydrogen) atoms. The van der Waals surface area contributed by atoms with E-state index in [2.05, 4.69) is 0 Å². The molecular formula is C9H18O8. The molecular weight excluding hydrogens is 236 g/mol. The molecule has 0 bridgehead atoms. The fourth-order valence-corrected chi connectivity index (χ4v) is 0.646. The quantitative estimate of drug-likeness (QED) is 0.301. The maximum absolute atomic E-state index is 9.97. The van der Waals surface area contributed by atoms with Crippen molar-refractivity contribution in [2.24, 2.45) is 5.92 Å². The molecule has 0 saturated carbocycles. The van der Waals surface area contributed by atoms with E-state index < -0.39 is 24.6 Å². The SMILES string of the molecule is O=C(O)C(O)CO.O=C(O)CCC(CO)CO. The van der Waals surface area contributed by atoms with Gasteiger partial charge in [-0.05, 0) is 6.42 Å². The second kappa shape index (κ2) is 11.3. The van der Waals surface area contributed by atoms with Crippen molar-refractivity contribution in [3.05, 3.63) is 0 Å². The molecule has 0 aromatic carbocycles. The van der Waals surface area contributed by atoms with Crippen LogP contribution in [0.3, 0.4) is 0 Å². The molecule has 0 aliphatic carbocycles. The van der Waals surface area contributed by atoms with Crippen LogP contribution in [0.5, 0.6) is 0 Å². The Balaban J connectivity index is 0. The lowest BCUT2D eigenvalue weighted by atomic mass is 10.1.